The van der Waals surface area contributed by atoms with E-state index < -0.39 is 0 Å². The molecule has 0 N–H and O–H groups in total. The molecular formula is C21H15N. The Kier molecular flexibility index (Phi) is 3.17. The summed E-state index contributed by atoms with van der Waals surface area (Å²) in [6.07, 6.45) is 1.84. The van der Waals surface area contributed by atoms with Crippen molar-refractivity contribution >= 4 is 10.8 Å². The molecule has 0 fully saturated rings. The van der Waals surface area contributed by atoms with Crippen LogP contribution in [0.2, 0.25) is 0 Å². The van der Waals surface area contributed by atoms with E-state index in [-0.39, 0.29) is 0 Å². The molecule has 0 aliphatic rings. The molecule has 0 saturated heterocycles. The third-order valence-corrected chi connectivity index (χ3v) is 3.95. The lowest BCUT2D eigenvalue weighted by Crippen LogP contribution is -1.87. The van der Waals surface area contributed by atoms with E-state index >= 15 is 0 Å². The van der Waals surface area contributed by atoms with Crippen molar-refractivity contribution in [3.05, 3.63) is 91.1 Å². The summed E-state index contributed by atoms with van der Waals surface area (Å²) in [5.74, 6) is 0. The van der Waals surface area contributed by atoms with Gasteiger partial charge in [-0.15, -0.1) is 0 Å². The van der Waals surface area contributed by atoms with Crippen molar-refractivity contribution in [2.24, 2.45) is 0 Å². The highest BCUT2D eigenvalue weighted by Gasteiger charge is 2.09. The third kappa shape index (κ3) is 2.17. The van der Waals surface area contributed by atoms with Crippen LogP contribution in [0.15, 0.2) is 91.1 Å². The molecule has 0 radical (unpaired) electrons. The standard InChI is InChI=1S/C21H15N/c1-2-8-16(9-3-1)17-13-14-20(21-12-6-7-15-22-21)19-11-5-4-10-18(17)19/h1-15H. The number of hydrogen-bond donors (Lipinski definition) is 0. The number of rotatable bonds is 2. The minimum Gasteiger partial charge on any atom is -0.256 e. The fraction of sp³-hybridized carbons (Fsp3) is 0. The lowest BCUT2D eigenvalue weighted by molar-refractivity contribution is 1.33. The maximum atomic E-state index is 4.50. The first-order valence-electron chi connectivity index (χ1n) is 7.42. The van der Waals surface area contributed by atoms with Crippen LogP contribution < -0.4 is 0 Å². The molecule has 0 bridgehead atoms. The SMILES string of the molecule is c1ccc(-c2ccc(-c3ccccn3)c3ccccc23)cc1. The summed E-state index contributed by atoms with van der Waals surface area (Å²) in [7, 11) is 0. The van der Waals surface area contributed by atoms with Crippen LogP contribution in [0.25, 0.3) is 33.2 Å². The fourth-order valence-corrected chi connectivity index (χ4v) is 2.91. The van der Waals surface area contributed by atoms with Crippen LogP contribution in [0.3, 0.4) is 0 Å². The number of hydrogen-bond acceptors (Lipinski definition) is 1. The van der Waals surface area contributed by atoms with E-state index in [0.29, 0.717) is 0 Å². The van der Waals surface area contributed by atoms with E-state index in [1.807, 2.05) is 24.4 Å². The van der Waals surface area contributed by atoms with E-state index in [4.69, 9.17) is 0 Å². The Labute approximate surface area is 129 Å². The van der Waals surface area contributed by atoms with E-state index in [1.165, 1.54) is 27.5 Å². The van der Waals surface area contributed by atoms with Gasteiger partial charge in [0.25, 0.3) is 0 Å². The molecule has 1 heteroatoms. The molecule has 0 spiro atoms. The van der Waals surface area contributed by atoms with Crippen molar-refractivity contribution in [3.8, 4) is 22.4 Å². The maximum absolute atomic E-state index is 4.50. The summed E-state index contributed by atoms with van der Waals surface area (Å²) in [5, 5.41) is 2.50. The highest BCUT2D eigenvalue weighted by Crippen LogP contribution is 2.34. The number of benzene rings is 3. The summed E-state index contributed by atoms with van der Waals surface area (Å²) in [5.41, 5.74) is 4.69. The van der Waals surface area contributed by atoms with E-state index in [0.717, 1.165) is 5.69 Å². The highest BCUT2D eigenvalue weighted by molar-refractivity contribution is 6.04. The average Bonchev–Trinajstić information content (AvgIpc) is 2.62. The minimum absolute atomic E-state index is 1.01. The van der Waals surface area contributed by atoms with Gasteiger partial charge < -0.3 is 0 Å². The topological polar surface area (TPSA) is 12.9 Å². The second kappa shape index (κ2) is 5.45. The molecule has 0 unspecified atom stereocenters. The zero-order chi connectivity index (χ0) is 14.8. The van der Waals surface area contributed by atoms with Gasteiger partial charge in [0.1, 0.15) is 0 Å². The van der Waals surface area contributed by atoms with Crippen molar-refractivity contribution in [1.82, 2.24) is 4.98 Å². The van der Waals surface area contributed by atoms with Crippen LogP contribution in [-0.2, 0) is 0 Å². The summed E-state index contributed by atoms with van der Waals surface area (Å²) in [6, 6.07) is 29.5. The molecule has 3 aromatic carbocycles. The number of aromatic nitrogens is 1. The molecule has 104 valence electrons. The Bertz CT molecular complexity index is 834. The monoisotopic (exact) mass is 281 g/mol. The fourth-order valence-electron chi connectivity index (χ4n) is 2.91. The van der Waals surface area contributed by atoms with Crippen molar-refractivity contribution < 1.29 is 0 Å². The van der Waals surface area contributed by atoms with Crippen molar-refractivity contribution in [3.63, 3.8) is 0 Å². The molecule has 0 amide bonds. The van der Waals surface area contributed by atoms with Crippen LogP contribution in [0.1, 0.15) is 0 Å². The molecule has 0 saturated carbocycles. The smallest absolute Gasteiger partial charge is 0.0708 e. The second-order valence-corrected chi connectivity index (χ2v) is 5.29. The van der Waals surface area contributed by atoms with E-state index in [9.17, 15) is 0 Å². The van der Waals surface area contributed by atoms with Gasteiger partial charge in [-0.3, -0.25) is 4.98 Å². The Balaban J connectivity index is 2.01. The predicted molar refractivity (Wildman–Crippen MR) is 92.6 cm³/mol. The predicted octanol–water partition coefficient (Wildman–Crippen LogP) is 5.57. The minimum atomic E-state index is 1.01. The van der Waals surface area contributed by atoms with Gasteiger partial charge in [-0.1, -0.05) is 72.8 Å². The Morgan fingerprint density at radius 1 is 0.500 bits per heavy atom. The van der Waals surface area contributed by atoms with Gasteiger partial charge in [-0.2, -0.15) is 0 Å². The highest BCUT2D eigenvalue weighted by atomic mass is 14.7. The summed E-state index contributed by atoms with van der Waals surface area (Å²) in [4.78, 5) is 4.50. The Morgan fingerprint density at radius 3 is 1.86 bits per heavy atom. The van der Waals surface area contributed by atoms with E-state index in [1.54, 1.807) is 0 Å². The van der Waals surface area contributed by atoms with Gasteiger partial charge in [0.05, 0.1) is 5.69 Å². The lowest BCUT2D eigenvalue weighted by atomic mass is 9.94. The van der Waals surface area contributed by atoms with Gasteiger partial charge in [-0.05, 0) is 34.0 Å². The average molecular weight is 281 g/mol. The summed E-state index contributed by atoms with van der Waals surface area (Å²) >= 11 is 0. The Morgan fingerprint density at radius 2 is 1.14 bits per heavy atom. The van der Waals surface area contributed by atoms with Crippen LogP contribution in [0.4, 0.5) is 0 Å². The van der Waals surface area contributed by atoms with Gasteiger partial charge in [0.15, 0.2) is 0 Å². The number of nitrogens with zero attached hydrogens (tertiary/aromatic N) is 1. The summed E-state index contributed by atoms with van der Waals surface area (Å²) < 4.78 is 0. The zero-order valence-electron chi connectivity index (χ0n) is 12.1. The van der Waals surface area contributed by atoms with Gasteiger partial charge in [0, 0.05) is 11.8 Å². The van der Waals surface area contributed by atoms with Crippen molar-refractivity contribution in [2.45, 2.75) is 0 Å². The van der Waals surface area contributed by atoms with Gasteiger partial charge in [-0.25, -0.2) is 0 Å². The molecule has 22 heavy (non-hydrogen) atoms. The normalized spacial score (nSPS) is 10.7. The molecule has 1 nitrogen and oxygen atoms in total. The van der Waals surface area contributed by atoms with Crippen LogP contribution in [-0.4, -0.2) is 4.98 Å². The van der Waals surface area contributed by atoms with Gasteiger partial charge >= 0.3 is 0 Å². The first-order chi connectivity index (χ1) is 10.9. The molecule has 1 heterocycles. The first kappa shape index (κ1) is 12.8. The second-order valence-electron chi connectivity index (χ2n) is 5.29. The van der Waals surface area contributed by atoms with Crippen molar-refractivity contribution in [2.75, 3.05) is 0 Å². The largest absolute Gasteiger partial charge is 0.256 e. The molecule has 1 aromatic heterocycles. The number of pyridine rings is 1. The Hall–Kier alpha value is -2.93. The number of fused-ring (bicyclic) bond motifs is 1. The van der Waals surface area contributed by atoms with Gasteiger partial charge in [0.2, 0.25) is 0 Å². The molecule has 0 aliphatic heterocycles. The van der Waals surface area contributed by atoms with Crippen LogP contribution in [0, 0.1) is 0 Å². The first-order valence-corrected chi connectivity index (χ1v) is 7.42. The maximum Gasteiger partial charge on any atom is 0.0708 e. The lowest BCUT2D eigenvalue weighted by Gasteiger charge is -2.11. The summed E-state index contributed by atoms with van der Waals surface area (Å²) in [6.45, 7) is 0. The molecule has 4 rings (SSSR count). The van der Waals surface area contributed by atoms with Crippen LogP contribution >= 0.6 is 0 Å². The quantitative estimate of drug-likeness (QED) is 0.468. The van der Waals surface area contributed by atoms with E-state index in [2.05, 4.69) is 71.7 Å². The van der Waals surface area contributed by atoms with Crippen molar-refractivity contribution in [1.29, 1.82) is 0 Å². The molecule has 0 aliphatic carbocycles. The molecular weight excluding hydrogens is 266 g/mol. The third-order valence-electron chi connectivity index (χ3n) is 3.95. The van der Waals surface area contributed by atoms with Crippen LogP contribution in [0.5, 0.6) is 0 Å². The molecule has 0 atom stereocenters. The molecule has 4 aromatic rings. The zero-order valence-corrected chi connectivity index (χ0v) is 12.1.